The Morgan fingerprint density at radius 1 is 1.00 bits per heavy atom. The molecule has 1 aliphatic rings. The lowest BCUT2D eigenvalue weighted by molar-refractivity contribution is 0.0761. The summed E-state index contributed by atoms with van der Waals surface area (Å²) in [7, 11) is 0. The number of hydrogen-bond acceptors (Lipinski definition) is 3. The number of aryl methyl sites for hydroxylation is 1. The first-order chi connectivity index (χ1) is 15.0. The molecule has 1 aliphatic heterocycles. The lowest BCUT2D eigenvalue weighted by Crippen LogP contribution is -2.35. The number of nitrogens with zero attached hydrogens (tertiary/aromatic N) is 4. The van der Waals surface area contributed by atoms with E-state index in [1.807, 2.05) is 34.7 Å². The molecule has 1 saturated heterocycles. The molecule has 1 fully saturated rings. The highest BCUT2D eigenvalue weighted by atomic mass is 35.5. The van der Waals surface area contributed by atoms with E-state index in [1.165, 1.54) is 12.1 Å². The van der Waals surface area contributed by atoms with Gasteiger partial charge in [-0.1, -0.05) is 41.9 Å². The number of rotatable bonds is 5. The number of aromatic nitrogens is 2. The van der Waals surface area contributed by atoms with Crippen molar-refractivity contribution in [3.05, 3.63) is 88.0 Å². The van der Waals surface area contributed by atoms with Crippen LogP contribution < -0.4 is 0 Å². The number of halogens is 2. The van der Waals surface area contributed by atoms with Crippen molar-refractivity contribution in [3.8, 4) is 0 Å². The van der Waals surface area contributed by atoms with Gasteiger partial charge in [-0.05, 0) is 43.2 Å². The van der Waals surface area contributed by atoms with E-state index in [-0.39, 0.29) is 11.7 Å². The van der Waals surface area contributed by atoms with Crippen molar-refractivity contribution in [3.63, 3.8) is 0 Å². The summed E-state index contributed by atoms with van der Waals surface area (Å²) >= 11 is 6.69. The second-order valence-corrected chi connectivity index (χ2v) is 8.28. The van der Waals surface area contributed by atoms with Gasteiger partial charge in [-0.15, -0.1) is 0 Å². The monoisotopic (exact) mass is 440 g/mol. The molecule has 0 atom stereocenters. The van der Waals surface area contributed by atoms with Crippen molar-refractivity contribution in [1.29, 1.82) is 0 Å². The Bertz CT molecular complexity index is 1040. The highest BCUT2D eigenvalue weighted by Crippen LogP contribution is 2.23. The molecule has 0 unspecified atom stereocenters. The second-order valence-electron chi connectivity index (χ2n) is 7.93. The SMILES string of the molecule is Cc1nn(Cc2ccccc2)c(Cl)c1CN1CCCN(C(=O)c2ccc(F)cc2)CC1. The molecule has 7 heteroatoms. The standard InChI is InChI=1S/C24H26ClFN4O/c1-18-22(23(25)30(27-18)16-19-6-3-2-4-7-19)17-28-12-5-13-29(15-14-28)24(31)20-8-10-21(26)11-9-20/h2-4,6-11H,5,12-17H2,1H3. The highest BCUT2D eigenvalue weighted by Gasteiger charge is 2.22. The first-order valence-corrected chi connectivity index (χ1v) is 10.9. The van der Waals surface area contributed by atoms with E-state index in [4.69, 9.17) is 11.6 Å². The van der Waals surface area contributed by atoms with Gasteiger partial charge in [0.1, 0.15) is 11.0 Å². The number of benzene rings is 2. The van der Waals surface area contributed by atoms with Gasteiger partial charge in [0.05, 0.1) is 12.2 Å². The summed E-state index contributed by atoms with van der Waals surface area (Å²) < 4.78 is 15.0. The highest BCUT2D eigenvalue weighted by molar-refractivity contribution is 6.30. The van der Waals surface area contributed by atoms with Crippen molar-refractivity contribution in [2.75, 3.05) is 26.2 Å². The molecule has 1 amide bonds. The maximum atomic E-state index is 13.2. The van der Waals surface area contributed by atoms with E-state index in [9.17, 15) is 9.18 Å². The van der Waals surface area contributed by atoms with Gasteiger partial charge in [0.25, 0.3) is 5.91 Å². The van der Waals surface area contributed by atoms with E-state index in [0.717, 1.165) is 36.3 Å². The van der Waals surface area contributed by atoms with Gasteiger partial charge >= 0.3 is 0 Å². The summed E-state index contributed by atoms with van der Waals surface area (Å²) in [5.74, 6) is -0.384. The molecular weight excluding hydrogens is 415 g/mol. The second kappa shape index (κ2) is 9.62. The smallest absolute Gasteiger partial charge is 0.253 e. The van der Waals surface area contributed by atoms with Gasteiger partial charge < -0.3 is 4.90 Å². The summed E-state index contributed by atoms with van der Waals surface area (Å²) in [5, 5.41) is 5.32. The minimum Gasteiger partial charge on any atom is -0.337 e. The number of carbonyl (C=O) groups excluding carboxylic acids is 1. The molecule has 2 heterocycles. The zero-order valence-corrected chi connectivity index (χ0v) is 18.4. The normalized spacial score (nSPS) is 15.1. The molecule has 0 radical (unpaired) electrons. The van der Waals surface area contributed by atoms with E-state index < -0.39 is 0 Å². The first kappa shape index (κ1) is 21.5. The van der Waals surface area contributed by atoms with Crippen LogP contribution in [-0.4, -0.2) is 51.7 Å². The molecule has 2 aromatic carbocycles. The van der Waals surface area contributed by atoms with Gasteiger partial charge in [-0.2, -0.15) is 5.10 Å². The molecule has 0 bridgehead atoms. The van der Waals surface area contributed by atoms with Crippen LogP contribution in [0.2, 0.25) is 5.15 Å². The van der Waals surface area contributed by atoms with E-state index in [1.54, 1.807) is 12.1 Å². The predicted molar refractivity (Wildman–Crippen MR) is 120 cm³/mol. The number of amides is 1. The molecule has 0 saturated carbocycles. The molecule has 0 spiro atoms. The maximum Gasteiger partial charge on any atom is 0.253 e. The van der Waals surface area contributed by atoms with Gasteiger partial charge in [-0.3, -0.25) is 9.69 Å². The van der Waals surface area contributed by atoms with Gasteiger partial charge in [0, 0.05) is 43.9 Å². The summed E-state index contributed by atoms with van der Waals surface area (Å²) in [6, 6.07) is 15.9. The van der Waals surface area contributed by atoms with E-state index >= 15 is 0 Å². The van der Waals surface area contributed by atoms with Crippen LogP contribution in [0.25, 0.3) is 0 Å². The van der Waals surface area contributed by atoms with Crippen LogP contribution in [0.15, 0.2) is 54.6 Å². The number of hydrogen-bond donors (Lipinski definition) is 0. The zero-order valence-electron chi connectivity index (χ0n) is 17.6. The largest absolute Gasteiger partial charge is 0.337 e. The van der Waals surface area contributed by atoms with Crippen molar-refractivity contribution in [2.45, 2.75) is 26.4 Å². The van der Waals surface area contributed by atoms with Gasteiger partial charge in [0.2, 0.25) is 0 Å². The molecule has 31 heavy (non-hydrogen) atoms. The van der Waals surface area contributed by atoms with Crippen molar-refractivity contribution in [2.24, 2.45) is 0 Å². The molecule has 1 aromatic heterocycles. The van der Waals surface area contributed by atoms with Crippen molar-refractivity contribution in [1.82, 2.24) is 19.6 Å². The fourth-order valence-electron chi connectivity index (χ4n) is 3.96. The molecule has 3 aromatic rings. The Hall–Kier alpha value is -2.70. The van der Waals surface area contributed by atoms with Crippen LogP contribution in [0.5, 0.6) is 0 Å². The van der Waals surface area contributed by atoms with Gasteiger partial charge in [0.15, 0.2) is 0 Å². The average molecular weight is 441 g/mol. The molecule has 4 rings (SSSR count). The third-order valence-electron chi connectivity index (χ3n) is 5.71. The summed E-state index contributed by atoms with van der Waals surface area (Å²) in [6.07, 6.45) is 0.877. The quantitative estimate of drug-likeness (QED) is 0.591. The lowest BCUT2D eigenvalue weighted by atomic mass is 10.2. The molecule has 5 nitrogen and oxygen atoms in total. The Kier molecular flexibility index (Phi) is 6.68. The van der Waals surface area contributed by atoms with E-state index in [0.29, 0.717) is 36.9 Å². The van der Waals surface area contributed by atoms with Crippen LogP contribution in [0.3, 0.4) is 0 Å². The fraction of sp³-hybridized carbons (Fsp3) is 0.333. The third-order valence-corrected chi connectivity index (χ3v) is 6.13. The first-order valence-electron chi connectivity index (χ1n) is 10.5. The topological polar surface area (TPSA) is 41.4 Å². The Morgan fingerprint density at radius 2 is 1.74 bits per heavy atom. The Morgan fingerprint density at radius 3 is 2.48 bits per heavy atom. The van der Waals surface area contributed by atoms with Gasteiger partial charge in [-0.25, -0.2) is 9.07 Å². The number of carbonyl (C=O) groups is 1. The van der Waals surface area contributed by atoms with Crippen molar-refractivity contribution < 1.29 is 9.18 Å². The van der Waals surface area contributed by atoms with Crippen LogP contribution in [0.1, 0.15) is 33.6 Å². The van der Waals surface area contributed by atoms with Crippen LogP contribution >= 0.6 is 11.6 Å². The van der Waals surface area contributed by atoms with Crippen LogP contribution in [0.4, 0.5) is 4.39 Å². The fourth-order valence-corrected chi connectivity index (χ4v) is 4.26. The molecule has 0 N–H and O–H groups in total. The zero-order chi connectivity index (χ0) is 21.8. The Balaban J connectivity index is 1.40. The average Bonchev–Trinajstić information content (AvgIpc) is 2.94. The van der Waals surface area contributed by atoms with Crippen LogP contribution in [-0.2, 0) is 13.1 Å². The Labute approximate surface area is 187 Å². The van der Waals surface area contributed by atoms with Crippen LogP contribution in [0, 0.1) is 12.7 Å². The van der Waals surface area contributed by atoms with Crippen molar-refractivity contribution >= 4 is 17.5 Å². The molecule has 162 valence electrons. The third kappa shape index (κ3) is 5.14. The summed E-state index contributed by atoms with van der Waals surface area (Å²) in [6.45, 7) is 6.29. The minimum atomic E-state index is -0.335. The lowest BCUT2D eigenvalue weighted by Gasteiger charge is -2.22. The minimum absolute atomic E-state index is 0.0493. The maximum absolute atomic E-state index is 13.2. The predicted octanol–water partition coefficient (Wildman–Crippen LogP) is 4.38. The van der Waals surface area contributed by atoms with E-state index in [2.05, 4.69) is 22.1 Å². The molecular formula is C24H26ClFN4O. The molecule has 0 aliphatic carbocycles. The summed E-state index contributed by atoms with van der Waals surface area (Å²) in [5.41, 5.74) is 3.65. The summed E-state index contributed by atoms with van der Waals surface area (Å²) in [4.78, 5) is 16.9.